The minimum atomic E-state index is -0.400. The van der Waals surface area contributed by atoms with Crippen molar-refractivity contribution in [2.75, 3.05) is 0 Å². The average molecular weight is 679 g/mol. The lowest BCUT2D eigenvalue weighted by molar-refractivity contribution is 0.644. The van der Waals surface area contributed by atoms with Crippen LogP contribution in [0.25, 0.3) is 89.6 Å². The Morgan fingerprint density at radius 1 is 0.472 bits per heavy atom. The van der Waals surface area contributed by atoms with Crippen molar-refractivity contribution < 1.29 is 0 Å². The quantitative estimate of drug-likeness (QED) is 0.186. The molecule has 1 aliphatic rings. The zero-order chi connectivity index (χ0) is 35.3. The number of aromatic nitrogens is 4. The predicted molar refractivity (Wildman–Crippen MR) is 221 cm³/mol. The fourth-order valence-corrected chi connectivity index (χ4v) is 8.98. The Balaban J connectivity index is 1.27. The highest BCUT2D eigenvalue weighted by Crippen LogP contribution is 2.49. The van der Waals surface area contributed by atoms with Gasteiger partial charge in [0.25, 0.3) is 0 Å². The van der Waals surface area contributed by atoms with Crippen LogP contribution in [0.3, 0.4) is 0 Å². The van der Waals surface area contributed by atoms with Gasteiger partial charge in [0.15, 0.2) is 5.82 Å². The molecule has 0 radical (unpaired) electrons. The number of fused-ring (bicyclic) bond motifs is 11. The van der Waals surface area contributed by atoms with Crippen LogP contribution in [-0.4, -0.2) is 19.1 Å². The molecule has 250 valence electrons. The Morgan fingerprint density at radius 3 is 1.79 bits per heavy atom. The molecule has 7 aromatic carbocycles. The van der Waals surface area contributed by atoms with E-state index in [0.717, 1.165) is 44.8 Å². The SMILES string of the molecule is CC1(C)c2ccc3c4ccccc4n(-c4ccccc4)c3c2C=Cc2ccc3c4ccccc4n(-c4nc5ccccc5nc4-c4ccccc4)c3c21. The van der Waals surface area contributed by atoms with Crippen LogP contribution in [0.2, 0.25) is 0 Å². The van der Waals surface area contributed by atoms with Crippen molar-refractivity contribution in [2.45, 2.75) is 19.3 Å². The molecule has 0 fully saturated rings. The molecule has 0 N–H and O–H groups in total. The highest BCUT2D eigenvalue weighted by molar-refractivity contribution is 6.15. The van der Waals surface area contributed by atoms with Crippen molar-refractivity contribution in [1.29, 1.82) is 0 Å². The van der Waals surface area contributed by atoms with Crippen LogP contribution in [0.4, 0.5) is 0 Å². The maximum atomic E-state index is 5.45. The molecule has 0 saturated carbocycles. The van der Waals surface area contributed by atoms with Gasteiger partial charge >= 0.3 is 0 Å². The molecule has 0 bridgehead atoms. The second kappa shape index (κ2) is 11.1. The van der Waals surface area contributed by atoms with Crippen LogP contribution in [0, 0.1) is 0 Å². The molecular formula is C49H34N4. The van der Waals surface area contributed by atoms with Gasteiger partial charge in [0.1, 0.15) is 5.69 Å². The smallest absolute Gasteiger partial charge is 0.165 e. The minimum absolute atomic E-state index is 0.400. The number of nitrogens with zero attached hydrogens (tertiary/aromatic N) is 4. The maximum Gasteiger partial charge on any atom is 0.165 e. The van der Waals surface area contributed by atoms with Crippen LogP contribution in [-0.2, 0) is 5.41 Å². The van der Waals surface area contributed by atoms with Gasteiger partial charge in [-0.05, 0) is 53.1 Å². The molecule has 1 aliphatic carbocycles. The second-order valence-electron chi connectivity index (χ2n) is 14.6. The molecule has 0 aliphatic heterocycles. The summed E-state index contributed by atoms with van der Waals surface area (Å²) in [6, 6.07) is 56.3. The number of hydrogen-bond donors (Lipinski definition) is 0. The Labute approximate surface area is 306 Å². The van der Waals surface area contributed by atoms with Crippen molar-refractivity contribution in [3.63, 3.8) is 0 Å². The third-order valence-electron chi connectivity index (χ3n) is 11.3. The zero-order valence-electron chi connectivity index (χ0n) is 29.5. The molecule has 11 rings (SSSR count). The lowest BCUT2D eigenvalue weighted by atomic mass is 9.74. The normalized spacial score (nSPS) is 13.5. The van der Waals surface area contributed by atoms with Crippen LogP contribution >= 0.6 is 0 Å². The summed E-state index contributed by atoms with van der Waals surface area (Å²) in [5.41, 5.74) is 14.1. The summed E-state index contributed by atoms with van der Waals surface area (Å²) in [5.74, 6) is 0.832. The Hall–Kier alpha value is -6.78. The van der Waals surface area contributed by atoms with Gasteiger partial charge in [-0.25, -0.2) is 9.97 Å². The standard InChI is InChI=1S/C49H34N4/c1-49(2)39-30-29-36-34-19-9-13-23-42(34)52(33-17-7-4-8-18-33)46(36)38(39)28-26-31-25-27-37-35-20-10-14-24-43(35)53(47(37)44(31)49)48-45(32-15-5-3-6-16-32)50-40-21-11-12-22-41(40)51-48/h3-30H,1-2H3. The summed E-state index contributed by atoms with van der Waals surface area (Å²) in [6.45, 7) is 4.79. The minimum Gasteiger partial charge on any atom is -0.309 e. The van der Waals surface area contributed by atoms with Gasteiger partial charge < -0.3 is 4.57 Å². The second-order valence-corrected chi connectivity index (χ2v) is 14.6. The largest absolute Gasteiger partial charge is 0.309 e. The van der Waals surface area contributed by atoms with Crippen LogP contribution < -0.4 is 0 Å². The van der Waals surface area contributed by atoms with Gasteiger partial charge in [-0.3, -0.25) is 4.57 Å². The van der Waals surface area contributed by atoms with E-state index in [1.54, 1.807) is 0 Å². The Kier molecular flexibility index (Phi) is 6.27. The van der Waals surface area contributed by atoms with Gasteiger partial charge in [-0.2, -0.15) is 0 Å². The third kappa shape index (κ3) is 4.24. The first-order valence-electron chi connectivity index (χ1n) is 18.3. The maximum absolute atomic E-state index is 5.45. The molecule has 53 heavy (non-hydrogen) atoms. The van der Waals surface area contributed by atoms with Crippen molar-refractivity contribution in [3.05, 3.63) is 180 Å². The van der Waals surface area contributed by atoms with E-state index >= 15 is 0 Å². The number of rotatable bonds is 3. The van der Waals surface area contributed by atoms with E-state index < -0.39 is 5.41 Å². The fourth-order valence-electron chi connectivity index (χ4n) is 8.98. The molecule has 3 heterocycles. The number of hydrogen-bond acceptors (Lipinski definition) is 2. The average Bonchev–Trinajstić information content (AvgIpc) is 3.69. The molecule has 0 atom stereocenters. The van der Waals surface area contributed by atoms with Crippen LogP contribution in [0.1, 0.15) is 36.1 Å². The van der Waals surface area contributed by atoms with Crippen molar-refractivity contribution in [2.24, 2.45) is 0 Å². The van der Waals surface area contributed by atoms with E-state index in [1.165, 1.54) is 54.8 Å². The molecule has 10 aromatic rings. The lowest BCUT2D eigenvalue weighted by Gasteiger charge is -2.30. The molecule has 4 nitrogen and oxygen atoms in total. The third-order valence-corrected chi connectivity index (χ3v) is 11.3. The number of benzene rings is 7. The highest BCUT2D eigenvalue weighted by Gasteiger charge is 2.35. The zero-order valence-corrected chi connectivity index (χ0v) is 29.5. The van der Waals surface area contributed by atoms with E-state index in [1.807, 2.05) is 12.1 Å². The molecule has 0 unspecified atom stereocenters. The molecule has 4 heteroatoms. The van der Waals surface area contributed by atoms with Gasteiger partial charge in [0.05, 0.1) is 33.1 Å². The van der Waals surface area contributed by atoms with E-state index in [9.17, 15) is 0 Å². The highest BCUT2D eigenvalue weighted by atomic mass is 15.1. The monoisotopic (exact) mass is 678 g/mol. The van der Waals surface area contributed by atoms with Crippen molar-refractivity contribution in [3.8, 4) is 22.8 Å². The van der Waals surface area contributed by atoms with Gasteiger partial charge in [0, 0.05) is 43.8 Å². The predicted octanol–water partition coefficient (Wildman–Crippen LogP) is 12.3. The van der Waals surface area contributed by atoms with Crippen LogP contribution in [0.5, 0.6) is 0 Å². The topological polar surface area (TPSA) is 35.6 Å². The first kappa shape index (κ1) is 29.9. The summed E-state index contributed by atoms with van der Waals surface area (Å²) < 4.78 is 4.84. The molecule has 0 spiro atoms. The van der Waals surface area contributed by atoms with Crippen molar-refractivity contribution in [1.82, 2.24) is 19.1 Å². The summed E-state index contributed by atoms with van der Waals surface area (Å²) in [7, 11) is 0. The van der Waals surface area contributed by atoms with E-state index in [0.29, 0.717) is 0 Å². The van der Waals surface area contributed by atoms with Gasteiger partial charge in [0.2, 0.25) is 0 Å². The summed E-state index contributed by atoms with van der Waals surface area (Å²) in [6.07, 6.45) is 4.69. The number of para-hydroxylation sites is 5. The lowest BCUT2D eigenvalue weighted by Crippen LogP contribution is -2.22. The fraction of sp³-hybridized carbons (Fsp3) is 0.0612. The van der Waals surface area contributed by atoms with Gasteiger partial charge in [-0.1, -0.05) is 147 Å². The first-order valence-corrected chi connectivity index (χ1v) is 18.3. The molecule has 0 amide bonds. The first-order chi connectivity index (χ1) is 26.1. The molecular weight excluding hydrogens is 645 g/mol. The van der Waals surface area contributed by atoms with E-state index in [2.05, 4.69) is 181 Å². The molecule has 0 saturated heterocycles. The summed E-state index contributed by atoms with van der Waals surface area (Å²) in [5, 5.41) is 4.92. The summed E-state index contributed by atoms with van der Waals surface area (Å²) >= 11 is 0. The van der Waals surface area contributed by atoms with Gasteiger partial charge in [-0.15, -0.1) is 0 Å². The van der Waals surface area contributed by atoms with Crippen LogP contribution in [0.15, 0.2) is 158 Å². The Morgan fingerprint density at radius 2 is 1.06 bits per heavy atom. The van der Waals surface area contributed by atoms with E-state index in [-0.39, 0.29) is 0 Å². The molecule has 3 aromatic heterocycles. The van der Waals surface area contributed by atoms with E-state index in [4.69, 9.17) is 9.97 Å². The summed E-state index contributed by atoms with van der Waals surface area (Å²) in [4.78, 5) is 10.8. The Bertz CT molecular complexity index is 3130. The van der Waals surface area contributed by atoms with Crippen molar-refractivity contribution >= 4 is 66.8 Å².